The summed E-state index contributed by atoms with van der Waals surface area (Å²) >= 11 is 0. The van der Waals surface area contributed by atoms with Gasteiger partial charge in [0.25, 0.3) is 0 Å². The number of anilines is 1. The van der Waals surface area contributed by atoms with E-state index in [9.17, 15) is 9.18 Å². The zero-order valence-corrected chi connectivity index (χ0v) is 15.9. The van der Waals surface area contributed by atoms with E-state index < -0.39 is 0 Å². The van der Waals surface area contributed by atoms with Crippen LogP contribution >= 0.6 is 0 Å². The van der Waals surface area contributed by atoms with Crippen molar-refractivity contribution in [1.29, 1.82) is 0 Å². The van der Waals surface area contributed by atoms with Crippen LogP contribution < -0.4 is 15.0 Å². The fourth-order valence-corrected chi connectivity index (χ4v) is 3.89. The molecule has 2 aliphatic heterocycles. The summed E-state index contributed by atoms with van der Waals surface area (Å²) in [4.78, 5) is 13.9. The van der Waals surface area contributed by atoms with Crippen molar-refractivity contribution in [2.45, 2.75) is 12.5 Å². The number of carbonyl (C=O) groups is 1. The standard InChI is InChI=1S/C21H21FN4O3/c1-23-11-16-12-25(21(27)29-16)15-6-7-17-19(10-15)28-9-8-18-20(17)24-26(18)14-4-2-13(22)3-5-14/h2-7,10,16,23-24H,8-9,11-12H2,1H3. The third kappa shape index (κ3) is 3.05. The van der Waals surface area contributed by atoms with Gasteiger partial charge in [-0.1, -0.05) is 0 Å². The molecule has 0 bridgehead atoms. The van der Waals surface area contributed by atoms with E-state index in [4.69, 9.17) is 9.47 Å². The van der Waals surface area contributed by atoms with Gasteiger partial charge in [-0.25, -0.2) is 9.18 Å². The molecule has 0 radical (unpaired) electrons. The molecule has 1 aromatic heterocycles. The van der Waals surface area contributed by atoms with Crippen molar-refractivity contribution in [3.05, 3.63) is 54.0 Å². The monoisotopic (exact) mass is 396 g/mol. The minimum Gasteiger partial charge on any atom is -0.492 e. The van der Waals surface area contributed by atoms with Crippen LogP contribution in [0.15, 0.2) is 42.5 Å². The van der Waals surface area contributed by atoms with Gasteiger partial charge in [0.2, 0.25) is 0 Å². The minimum atomic E-state index is -0.344. The lowest BCUT2D eigenvalue weighted by Crippen LogP contribution is -2.29. The van der Waals surface area contributed by atoms with Crippen molar-refractivity contribution in [3.63, 3.8) is 0 Å². The van der Waals surface area contributed by atoms with Crippen molar-refractivity contribution in [1.82, 2.24) is 15.1 Å². The number of benzene rings is 2. The number of H-pyrrole nitrogens is 1. The number of nitrogens with one attached hydrogen (secondary N) is 2. The quantitative estimate of drug-likeness (QED) is 0.711. The summed E-state index contributed by atoms with van der Waals surface area (Å²) in [6, 6.07) is 12.1. The first-order valence-corrected chi connectivity index (χ1v) is 9.59. The van der Waals surface area contributed by atoms with E-state index in [1.807, 2.05) is 29.9 Å². The Labute approximate surface area is 167 Å². The van der Waals surface area contributed by atoms with Crippen LogP contribution in [0.5, 0.6) is 5.75 Å². The number of cyclic esters (lactones) is 1. The van der Waals surface area contributed by atoms with Gasteiger partial charge < -0.3 is 14.8 Å². The van der Waals surface area contributed by atoms with Crippen LogP contribution in [-0.4, -0.2) is 48.7 Å². The van der Waals surface area contributed by atoms with E-state index >= 15 is 0 Å². The molecule has 3 heterocycles. The SMILES string of the molecule is CNCC1CN(c2ccc3c(c2)OCCc2c-3[nH]n2-c2ccc(F)cc2)C(=O)O1. The fraction of sp³-hybridized carbons (Fsp3) is 0.286. The zero-order valence-electron chi connectivity index (χ0n) is 15.9. The summed E-state index contributed by atoms with van der Waals surface area (Å²) in [7, 11) is 1.83. The molecule has 0 spiro atoms. The fourth-order valence-electron chi connectivity index (χ4n) is 3.89. The normalized spacial score (nSPS) is 18.1. The van der Waals surface area contributed by atoms with Crippen LogP contribution in [0.1, 0.15) is 5.69 Å². The number of aromatic amines is 1. The number of fused-ring (bicyclic) bond motifs is 3. The lowest BCUT2D eigenvalue weighted by Gasteiger charge is -2.23. The highest BCUT2D eigenvalue weighted by Crippen LogP contribution is 2.39. The molecule has 1 unspecified atom stereocenters. The Kier molecular flexibility index (Phi) is 4.28. The van der Waals surface area contributed by atoms with Crippen LogP contribution in [0.25, 0.3) is 16.9 Å². The topological polar surface area (TPSA) is 71.5 Å². The Balaban J connectivity index is 1.44. The van der Waals surface area contributed by atoms with Gasteiger partial charge in [-0.2, -0.15) is 0 Å². The molecule has 1 saturated heterocycles. The number of ether oxygens (including phenoxy) is 2. The van der Waals surface area contributed by atoms with Crippen LogP contribution in [-0.2, 0) is 11.2 Å². The highest BCUT2D eigenvalue weighted by atomic mass is 19.1. The number of amides is 1. The number of rotatable bonds is 4. The average molecular weight is 396 g/mol. The number of likely N-dealkylation sites (N-methyl/N-ethyl adjacent to an activating group) is 1. The highest BCUT2D eigenvalue weighted by Gasteiger charge is 2.33. The van der Waals surface area contributed by atoms with Gasteiger partial charge in [-0.15, -0.1) is 0 Å². The summed E-state index contributed by atoms with van der Waals surface area (Å²) in [5.41, 5.74) is 4.66. The Morgan fingerprint density at radius 1 is 1.21 bits per heavy atom. The van der Waals surface area contributed by atoms with Gasteiger partial charge in [0, 0.05) is 24.6 Å². The summed E-state index contributed by atoms with van der Waals surface area (Å²) in [6.07, 6.45) is 0.210. The molecule has 2 aromatic carbocycles. The van der Waals surface area contributed by atoms with Crippen LogP contribution in [0.4, 0.5) is 14.9 Å². The third-order valence-electron chi connectivity index (χ3n) is 5.32. The van der Waals surface area contributed by atoms with E-state index in [1.54, 1.807) is 17.0 Å². The average Bonchev–Trinajstić information content (AvgIpc) is 3.00. The second kappa shape index (κ2) is 6.97. The molecule has 7 nitrogen and oxygen atoms in total. The molecular formula is C21H21FN4O3. The van der Waals surface area contributed by atoms with Crippen LogP contribution in [0.3, 0.4) is 0 Å². The van der Waals surface area contributed by atoms with E-state index in [-0.39, 0.29) is 18.0 Å². The van der Waals surface area contributed by atoms with E-state index in [1.165, 1.54) is 12.1 Å². The smallest absolute Gasteiger partial charge is 0.414 e. The second-order valence-corrected chi connectivity index (χ2v) is 7.20. The summed E-state index contributed by atoms with van der Waals surface area (Å²) < 4.78 is 26.5. The number of halogens is 1. The Morgan fingerprint density at radius 2 is 2.00 bits per heavy atom. The number of aromatic nitrogens is 2. The molecule has 150 valence electrons. The molecule has 3 aromatic rings. The molecule has 1 fully saturated rings. The molecule has 8 heteroatoms. The maximum Gasteiger partial charge on any atom is 0.414 e. The van der Waals surface area contributed by atoms with Crippen molar-refractivity contribution in [3.8, 4) is 22.7 Å². The van der Waals surface area contributed by atoms with Gasteiger partial charge in [0.1, 0.15) is 17.7 Å². The molecular weight excluding hydrogens is 375 g/mol. The first kappa shape index (κ1) is 17.8. The summed E-state index contributed by atoms with van der Waals surface area (Å²) in [5.74, 6) is 0.464. The van der Waals surface area contributed by atoms with Crippen molar-refractivity contribution >= 4 is 11.8 Å². The maximum absolute atomic E-state index is 13.2. The van der Waals surface area contributed by atoms with Gasteiger partial charge in [0.15, 0.2) is 0 Å². The molecule has 1 amide bonds. The molecule has 2 aliphatic rings. The molecule has 1 atom stereocenters. The predicted molar refractivity (Wildman–Crippen MR) is 106 cm³/mol. The van der Waals surface area contributed by atoms with Crippen LogP contribution in [0, 0.1) is 5.82 Å². The van der Waals surface area contributed by atoms with Gasteiger partial charge in [-0.05, 0) is 43.4 Å². The zero-order chi connectivity index (χ0) is 20.0. The lowest BCUT2D eigenvalue weighted by molar-refractivity contribution is 0.141. The molecule has 5 rings (SSSR count). The molecule has 0 aliphatic carbocycles. The third-order valence-corrected chi connectivity index (χ3v) is 5.32. The van der Waals surface area contributed by atoms with Crippen molar-refractivity contribution in [2.24, 2.45) is 0 Å². The second-order valence-electron chi connectivity index (χ2n) is 7.20. The number of hydrogen-bond acceptors (Lipinski definition) is 4. The summed E-state index contributed by atoms with van der Waals surface area (Å²) in [5, 5.41) is 6.36. The summed E-state index contributed by atoms with van der Waals surface area (Å²) in [6.45, 7) is 1.63. The highest BCUT2D eigenvalue weighted by molar-refractivity contribution is 5.91. The molecule has 0 saturated carbocycles. The Morgan fingerprint density at radius 3 is 2.79 bits per heavy atom. The number of carbonyl (C=O) groups excluding carboxylic acids is 1. The maximum atomic E-state index is 13.2. The lowest BCUT2D eigenvalue weighted by atomic mass is 10.1. The van der Waals surface area contributed by atoms with Crippen molar-refractivity contribution < 1.29 is 18.7 Å². The van der Waals surface area contributed by atoms with Gasteiger partial charge in [0.05, 0.1) is 35.9 Å². The first-order chi connectivity index (χ1) is 14.1. The van der Waals surface area contributed by atoms with Crippen molar-refractivity contribution in [2.75, 3.05) is 31.6 Å². The van der Waals surface area contributed by atoms with E-state index in [2.05, 4.69) is 10.4 Å². The van der Waals surface area contributed by atoms with Crippen LogP contribution in [0.2, 0.25) is 0 Å². The van der Waals surface area contributed by atoms with Gasteiger partial charge in [-0.3, -0.25) is 14.7 Å². The Bertz CT molecular complexity index is 1060. The predicted octanol–water partition coefficient (Wildman–Crippen LogP) is 3.09. The number of hydrogen-bond donors (Lipinski definition) is 2. The minimum absolute atomic E-state index is 0.167. The van der Waals surface area contributed by atoms with E-state index in [0.717, 1.165) is 40.5 Å². The number of nitrogens with zero attached hydrogens (tertiary/aromatic N) is 2. The largest absolute Gasteiger partial charge is 0.492 e. The first-order valence-electron chi connectivity index (χ1n) is 9.59. The van der Waals surface area contributed by atoms with E-state index in [0.29, 0.717) is 19.7 Å². The molecule has 29 heavy (non-hydrogen) atoms. The van der Waals surface area contributed by atoms with Gasteiger partial charge >= 0.3 is 6.09 Å². The molecule has 2 N–H and O–H groups in total. The Hall–Kier alpha value is -3.26.